The van der Waals surface area contributed by atoms with Crippen LogP contribution < -0.4 is 0 Å². The molecule has 2 nitrogen and oxygen atoms in total. The first kappa shape index (κ1) is 14.4. The number of nitrogens with zero attached hydrogens (tertiary/aromatic N) is 1. The molecule has 1 heterocycles. The van der Waals surface area contributed by atoms with Gasteiger partial charge in [-0.3, -0.25) is 4.90 Å². The van der Waals surface area contributed by atoms with Crippen molar-refractivity contribution in [3.63, 3.8) is 0 Å². The molecule has 0 N–H and O–H groups in total. The predicted octanol–water partition coefficient (Wildman–Crippen LogP) is 4.17. The molecule has 2 aliphatic rings. The molecule has 1 atom stereocenters. The molecule has 2 aromatic rings. The number of allylic oxidation sites excluding steroid dienone is 2. The highest BCUT2D eigenvalue weighted by Crippen LogP contribution is 2.36. The van der Waals surface area contributed by atoms with Crippen molar-refractivity contribution < 1.29 is 4.74 Å². The average molecular weight is 303 g/mol. The van der Waals surface area contributed by atoms with E-state index in [2.05, 4.69) is 77.7 Å². The fourth-order valence-electron chi connectivity index (χ4n) is 3.43. The van der Waals surface area contributed by atoms with Crippen LogP contribution in [-0.4, -0.2) is 31.2 Å². The Morgan fingerprint density at radius 1 is 0.913 bits per heavy atom. The van der Waals surface area contributed by atoms with Crippen molar-refractivity contribution >= 4 is 11.6 Å². The zero-order valence-corrected chi connectivity index (χ0v) is 13.2. The molecule has 0 bridgehead atoms. The summed E-state index contributed by atoms with van der Waals surface area (Å²) in [5.74, 6) is 0. The largest absolute Gasteiger partial charge is 0.379 e. The summed E-state index contributed by atoms with van der Waals surface area (Å²) in [6, 6.07) is 19.7. The minimum atomic E-state index is 0.364. The molecular formula is C21H21NO. The zero-order chi connectivity index (χ0) is 15.5. The van der Waals surface area contributed by atoms with Crippen LogP contribution in [-0.2, 0) is 4.74 Å². The summed E-state index contributed by atoms with van der Waals surface area (Å²) in [7, 11) is 0. The van der Waals surface area contributed by atoms with Crippen LogP contribution in [0.3, 0.4) is 0 Å². The van der Waals surface area contributed by atoms with Gasteiger partial charge in [0.2, 0.25) is 0 Å². The Kier molecular flexibility index (Phi) is 4.10. The van der Waals surface area contributed by atoms with Crippen molar-refractivity contribution in [1.29, 1.82) is 0 Å². The quantitative estimate of drug-likeness (QED) is 0.825. The number of hydrogen-bond acceptors (Lipinski definition) is 2. The minimum Gasteiger partial charge on any atom is -0.379 e. The lowest BCUT2D eigenvalue weighted by Gasteiger charge is -2.35. The average Bonchev–Trinajstić information content (AvgIpc) is 2.64. The van der Waals surface area contributed by atoms with Crippen molar-refractivity contribution in [1.82, 2.24) is 4.90 Å². The van der Waals surface area contributed by atoms with Crippen LogP contribution in [0.2, 0.25) is 0 Å². The molecule has 116 valence electrons. The van der Waals surface area contributed by atoms with Gasteiger partial charge in [0.1, 0.15) is 0 Å². The van der Waals surface area contributed by atoms with E-state index in [0.29, 0.717) is 6.04 Å². The van der Waals surface area contributed by atoms with Crippen LogP contribution in [0.4, 0.5) is 0 Å². The lowest BCUT2D eigenvalue weighted by Crippen LogP contribution is -2.39. The summed E-state index contributed by atoms with van der Waals surface area (Å²) in [6.45, 7) is 3.67. The molecule has 1 saturated heterocycles. The van der Waals surface area contributed by atoms with Crippen molar-refractivity contribution in [2.24, 2.45) is 0 Å². The Balaban J connectivity index is 1.71. The van der Waals surface area contributed by atoms with E-state index in [1.807, 2.05) is 0 Å². The Labute approximate surface area is 137 Å². The van der Waals surface area contributed by atoms with Gasteiger partial charge in [-0.25, -0.2) is 0 Å². The number of hydrogen-bond donors (Lipinski definition) is 0. The highest BCUT2D eigenvalue weighted by atomic mass is 16.5. The monoisotopic (exact) mass is 303 g/mol. The second-order valence-corrected chi connectivity index (χ2v) is 6.05. The first-order valence-corrected chi connectivity index (χ1v) is 8.28. The molecule has 0 amide bonds. The maximum atomic E-state index is 5.50. The summed E-state index contributed by atoms with van der Waals surface area (Å²) < 4.78 is 5.50. The third-order valence-electron chi connectivity index (χ3n) is 4.61. The maximum Gasteiger partial charge on any atom is 0.0594 e. The molecule has 0 radical (unpaired) electrons. The smallest absolute Gasteiger partial charge is 0.0594 e. The van der Waals surface area contributed by atoms with Crippen molar-refractivity contribution in [3.05, 3.63) is 83.4 Å². The van der Waals surface area contributed by atoms with Gasteiger partial charge < -0.3 is 4.74 Å². The van der Waals surface area contributed by atoms with Gasteiger partial charge in [-0.05, 0) is 28.3 Å². The summed E-state index contributed by atoms with van der Waals surface area (Å²) in [4.78, 5) is 2.51. The van der Waals surface area contributed by atoms with E-state index in [9.17, 15) is 0 Å². The van der Waals surface area contributed by atoms with Crippen LogP contribution >= 0.6 is 0 Å². The maximum absolute atomic E-state index is 5.50. The van der Waals surface area contributed by atoms with Gasteiger partial charge in [0, 0.05) is 13.1 Å². The van der Waals surface area contributed by atoms with Gasteiger partial charge in [-0.2, -0.15) is 0 Å². The van der Waals surface area contributed by atoms with Gasteiger partial charge in [-0.1, -0.05) is 66.7 Å². The summed E-state index contributed by atoms with van der Waals surface area (Å²) >= 11 is 0. The van der Waals surface area contributed by atoms with Crippen molar-refractivity contribution in [2.45, 2.75) is 6.04 Å². The molecule has 1 fully saturated rings. The lowest BCUT2D eigenvalue weighted by molar-refractivity contribution is 0.0251. The van der Waals surface area contributed by atoms with E-state index >= 15 is 0 Å². The number of rotatable bonds is 2. The third-order valence-corrected chi connectivity index (χ3v) is 4.61. The molecule has 1 aliphatic carbocycles. The molecule has 2 aromatic carbocycles. The number of morpholine rings is 1. The Bertz CT molecular complexity index is 727. The Morgan fingerprint density at radius 2 is 1.65 bits per heavy atom. The standard InChI is InChI=1S/C21H21NO/c1-2-6-17(7-3-1)16-18-10-11-21(22-12-14-23-15-13-22)20-9-5-4-8-19(18)20/h1-11,16,21H,12-15H2/b18-16+. The van der Waals surface area contributed by atoms with Crippen LogP contribution in [0.5, 0.6) is 0 Å². The van der Waals surface area contributed by atoms with Gasteiger partial charge in [-0.15, -0.1) is 0 Å². The van der Waals surface area contributed by atoms with Gasteiger partial charge in [0.15, 0.2) is 0 Å². The van der Waals surface area contributed by atoms with E-state index in [-0.39, 0.29) is 0 Å². The number of benzene rings is 2. The SMILES string of the molecule is C1=CC(N2CCOCC2)c2ccccc2/C1=C/c1ccccc1. The van der Waals surface area contributed by atoms with Crippen LogP contribution in [0.25, 0.3) is 11.6 Å². The molecule has 0 spiro atoms. The number of ether oxygens (including phenoxy) is 1. The Hall–Kier alpha value is -2.16. The summed E-state index contributed by atoms with van der Waals surface area (Å²) in [5.41, 5.74) is 5.28. The fraction of sp³-hybridized carbons (Fsp3) is 0.238. The fourth-order valence-corrected chi connectivity index (χ4v) is 3.43. The normalized spacial score (nSPS) is 23.0. The highest BCUT2D eigenvalue weighted by molar-refractivity contribution is 5.90. The third kappa shape index (κ3) is 3.00. The molecule has 1 unspecified atom stereocenters. The molecule has 2 heteroatoms. The van der Waals surface area contributed by atoms with Crippen LogP contribution in [0, 0.1) is 0 Å². The molecule has 0 saturated carbocycles. The minimum absolute atomic E-state index is 0.364. The van der Waals surface area contributed by atoms with Crippen LogP contribution in [0.1, 0.15) is 22.7 Å². The lowest BCUT2D eigenvalue weighted by atomic mass is 9.87. The molecule has 23 heavy (non-hydrogen) atoms. The zero-order valence-electron chi connectivity index (χ0n) is 13.2. The predicted molar refractivity (Wildman–Crippen MR) is 95.0 cm³/mol. The second kappa shape index (κ2) is 6.53. The molecule has 4 rings (SSSR count). The molecule has 1 aliphatic heterocycles. The van der Waals surface area contributed by atoms with Gasteiger partial charge in [0.25, 0.3) is 0 Å². The van der Waals surface area contributed by atoms with Gasteiger partial charge in [0.05, 0.1) is 19.3 Å². The summed E-state index contributed by atoms with van der Waals surface area (Å²) in [6.07, 6.45) is 6.88. The highest BCUT2D eigenvalue weighted by Gasteiger charge is 2.25. The van der Waals surface area contributed by atoms with E-state index in [1.54, 1.807) is 0 Å². The molecular weight excluding hydrogens is 282 g/mol. The van der Waals surface area contributed by atoms with E-state index in [0.717, 1.165) is 26.3 Å². The molecule has 0 aromatic heterocycles. The second-order valence-electron chi connectivity index (χ2n) is 6.05. The summed E-state index contributed by atoms with van der Waals surface area (Å²) in [5, 5.41) is 0. The Morgan fingerprint density at radius 3 is 2.48 bits per heavy atom. The number of fused-ring (bicyclic) bond motifs is 1. The van der Waals surface area contributed by atoms with Crippen molar-refractivity contribution in [3.8, 4) is 0 Å². The first-order valence-electron chi connectivity index (χ1n) is 8.28. The van der Waals surface area contributed by atoms with E-state index in [4.69, 9.17) is 4.74 Å². The van der Waals surface area contributed by atoms with Gasteiger partial charge >= 0.3 is 0 Å². The van der Waals surface area contributed by atoms with E-state index < -0.39 is 0 Å². The van der Waals surface area contributed by atoms with Crippen LogP contribution in [0.15, 0.2) is 66.7 Å². The first-order chi connectivity index (χ1) is 11.4. The topological polar surface area (TPSA) is 12.5 Å². The van der Waals surface area contributed by atoms with Crippen molar-refractivity contribution in [2.75, 3.05) is 26.3 Å². The van der Waals surface area contributed by atoms with E-state index in [1.165, 1.54) is 22.3 Å².